The molecule has 0 bridgehead atoms. The zero-order chi connectivity index (χ0) is 13.5. The van der Waals surface area contributed by atoms with Gasteiger partial charge in [0.05, 0.1) is 26.4 Å². The van der Waals surface area contributed by atoms with Gasteiger partial charge < -0.3 is 20.3 Å². The molecule has 4 heteroatoms. The van der Waals surface area contributed by atoms with Crippen LogP contribution in [0.2, 0.25) is 0 Å². The van der Waals surface area contributed by atoms with Crippen LogP contribution >= 0.6 is 0 Å². The fourth-order valence-electron chi connectivity index (χ4n) is 1.94. The van der Waals surface area contributed by atoms with Crippen molar-refractivity contribution in [3.8, 4) is 5.75 Å². The molecule has 0 heterocycles. The van der Waals surface area contributed by atoms with Gasteiger partial charge in [-0.3, -0.25) is 0 Å². The number of aliphatic hydroxyl groups is 2. The monoisotopic (exact) mass is 253 g/mol. The van der Waals surface area contributed by atoms with E-state index in [-0.39, 0.29) is 19.3 Å². The van der Waals surface area contributed by atoms with Crippen molar-refractivity contribution in [2.45, 2.75) is 26.3 Å². The minimum atomic E-state index is -0.232. The zero-order valence-corrected chi connectivity index (χ0v) is 11.4. The Morgan fingerprint density at radius 3 is 2.39 bits per heavy atom. The lowest BCUT2D eigenvalue weighted by Gasteiger charge is -2.15. The van der Waals surface area contributed by atoms with E-state index in [0.29, 0.717) is 0 Å². The molecule has 1 aromatic carbocycles. The molecule has 0 radical (unpaired) electrons. The van der Waals surface area contributed by atoms with Crippen LogP contribution in [0.25, 0.3) is 0 Å². The van der Waals surface area contributed by atoms with Crippen molar-refractivity contribution >= 4 is 0 Å². The number of aliphatic hydroxyl groups excluding tert-OH is 2. The number of benzene rings is 1. The van der Waals surface area contributed by atoms with Gasteiger partial charge in [0.1, 0.15) is 5.75 Å². The lowest BCUT2D eigenvalue weighted by molar-refractivity contribution is 0.171. The van der Waals surface area contributed by atoms with E-state index in [2.05, 4.69) is 18.3 Å². The second kappa shape index (κ2) is 7.36. The Morgan fingerprint density at radius 1 is 1.17 bits per heavy atom. The third-order valence-corrected chi connectivity index (χ3v) is 3.12. The fraction of sp³-hybridized carbons (Fsp3) is 0.571. The second-order valence-electron chi connectivity index (χ2n) is 4.51. The number of rotatable bonds is 7. The Bertz CT molecular complexity index is 376. The summed E-state index contributed by atoms with van der Waals surface area (Å²) in [6.45, 7) is 4.74. The molecule has 0 unspecified atom stereocenters. The van der Waals surface area contributed by atoms with E-state index >= 15 is 0 Å². The first-order valence-electron chi connectivity index (χ1n) is 6.21. The summed E-state index contributed by atoms with van der Waals surface area (Å²) in [5, 5.41) is 21.0. The lowest BCUT2D eigenvalue weighted by atomic mass is 10.0. The van der Waals surface area contributed by atoms with E-state index in [9.17, 15) is 0 Å². The Morgan fingerprint density at radius 2 is 1.83 bits per heavy atom. The zero-order valence-electron chi connectivity index (χ0n) is 11.4. The van der Waals surface area contributed by atoms with Gasteiger partial charge in [0.2, 0.25) is 0 Å². The van der Waals surface area contributed by atoms with Crippen LogP contribution in [-0.4, -0.2) is 43.1 Å². The standard InChI is InChI=1S/C14H23NO3/c1-10-7-14(18-3)11(2)6-12(10)4-5-15-13(8-16)9-17/h6-7,13,15-17H,4-5,8-9H2,1-3H3. The molecule has 1 rings (SSSR count). The van der Waals surface area contributed by atoms with Crippen LogP contribution in [0, 0.1) is 13.8 Å². The van der Waals surface area contributed by atoms with Crippen molar-refractivity contribution in [1.82, 2.24) is 5.32 Å². The predicted octanol–water partition coefficient (Wildman–Crippen LogP) is 0.797. The molecule has 0 saturated heterocycles. The molecule has 102 valence electrons. The van der Waals surface area contributed by atoms with E-state index < -0.39 is 0 Å². The van der Waals surface area contributed by atoms with Gasteiger partial charge in [-0.15, -0.1) is 0 Å². The predicted molar refractivity (Wildman–Crippen MR) is 72.1 cm³/mol. The fourth-order valence-corrected chi connectivity index (χ4v) is 1.94. The first-order valence-corrected chi connectivity index (χ1v) is 6.21. The quantitative estimate of drug-likeness (QED) is 0.672. The number of ether oxygens (including phenoxy) is 1. The molecule has 0 atom stereocenters. The average molecular weight is 253 g/mol. The van der Waals surface area contributed by atoms with Gasteiger partial charge in [-0.2, -0.15) is 0 Å². The number of nitrogens with one attached hydrogen (secondary N) is 1. The summed E-state index contributed by atoms with van der Waals surface area (Å²) < 4.78 is 5.28. The highest BCUT2D eigenvalue weighted by Gasteiger charge is 2.07. The molecule has 0 aromatic heterocycles. The summed E-state index contributed by atoms with van der Waals surface area (Å²) in [5.74, 6) is 0.910. The van der Waals surface area contributed by atoms with Gasteiger partial charge in [0.25, 0.3) is 0 Å². The topological polar surface area (TPSA) is 61.7 Å². The highest BCUT2D eigenvalue weighted by Crippen LogP contribution is 2.22. The SMILES string of the molecule is COc1cc(C)c(CCNC(CO)CO)cc1C. The van der Waals surface area contributed by atoms with Crippen molar-refractivity contribution in [2.75, 3.05) is 26.9 Å². The Hall–Kier alpha value is -1.10. The highest BCUT2D eigenvalue weighted by atomic mass is 16.5. The summed E-state index contributed by atoms with van der Waals surface area (Å²) in [5.41, 5.74) is 3.58. The van der Waals surface area contributed by atoms with Gasteiger partial charge >= 0.3 is 0 Å². The van der Waals surface area contributed by atoms with Gasteiger partial charge in [-0.05, 0) is 49.6 Å². The van der Waals surface area contributed by atoms with Crippen LogP contribution in [-0.2, 0) is 6.42 Å². The van der Waals surface area contributed by atoms with Crippen LogP contribution < -0.4 is 10.1 Å². The van der Waals surface area contributed by atoms with Crippen LogP contribution in [0.4, 0.5) is 0 Å². The van der Waals surface area contributed by atoms with Gasteiger partial charge in [-0.1, -0.05) is 6.07 Å². The molecule has 0 fully saturated rings. The first-order chi connectivity index (χ1) is 8.62. The van der Waals surface area contributed by atoms with Crippen molar-refractivity contribution in [3.63, 3.8) is 0 Å². The largest absolute Gasteiger partial charge is 0.496 e. The number of hydrogen-bond donors (Lipinski definition) is 3. The van der Waals surface area contributed by atoms with Gasteiger partial charge in [0.15, 0.2) is 0 Å². The molecule has 0 saturated carbocycles. The maximum atomic E-state index is 8.95. The summed E-state index contributed by atoms with van der Waals surface area (Å²) >= 11 is 0. The number of methoxy groups -OCH3 is 1. The maximum Gasteiger partial charge on any atom is 0.122 e. The van der Waals surface area contributed by atoms with Crippen LogP contribution in [0.3, 0.4) is 0 Å². The second-order valence-corrected chi connectivity index (χ2v) is 4.51. The third-order valence-electron chi connectivity index (χ3n) is 3.12. The van der Waals surface area contributed by atoms with Crippen molar-refractivity contribution in [3.05, 3.63) is 28.8 Å². The van der Waals surface area contributed by atoms with Gasteiger partial charge in [0, 0.05) is 0 Å². The van der Waals surface area contributed by atoms with Crippen molar-refractivity contribution in [2.24, 2.45) is 0 Å². The molecular weight excluding hydrogens is 230 g/mol. The Labute approximate surface area is 109 Å². The summed E-state index contributed by atoms with van der Waals surface area (Å²) in [7, 11) is 1.68. The van der Waals surface area contributed by atoms with Crippen LogP contribution in [0.15, 0.2) is 12.1 Å². The van der Waals surface area contributed by atoms with Crippen molar-refractivity contribution < 1.29 is 14.9 Å². The molecule has 0 aliphatic rings. The van der Waals surface area contributed by atoms with E-state index in [1.54, 1.807) is 7.11 Å². The van der Waals surface area contributed by atoms with Crippen LogP contribution in [0.5, 0.6) is 5.75 Å². The molecule has 4 nitrogen and oxygen atoms in total. The van der Waals surface area contributed by atoms with Crippen LogP contribution in [0.1, 0.15) is 16.7 Å². The summed E-state index contributed by atoms with van der Waals surface area (Å²) in [4.78, 5) is 0. The van der Waals surface area contributed by atoms with Crippen molar-refractivity contribution in [1.29, 1.82) is 0 Å². The molecular formula is C14H23NO3. The number of hydrogen-bond acceptors (Lipinski definition) is 4. The highest BCUT2D eigenvalue weighted by molar-refractivity contribution is 5.41. The number of aryl methyl sites for hydroxylation is 2. The van der Waals surface area contributed by atoms with E-state index in [1.165, 1.54) is 11.1 Å². The van der Waals surface area contributed by atoms with E-state index in [0.717, 1.165) is 24.3 Å². The molecule has 0 spiro atoms. The minimum Gasteiger partial charge on any atom is -0.496 e. The van der Waals surface area contributed by atoms with Gasteiger partial charge in [-0.25, -0.2) is 0 Å². The molecule has 0 aliphatic heterocycles. The van der Waals surface area contributed by atoms with E-state index in [1.807, 2.05) is 13.0 Å². The normalized spacial score (nSPS) is 11.0. The lowest BCUT2D eigenvalue weighted by Crippen LogP contribution is -2.37. The minimum absolute atomic E-state index is 0.0445. The smallest absolute Gasteiger partial charge is 0.122 e. The first kappa shape index (κ1) is 15.0. The third kappa shape index (κ3) is 3.98. The Kier molecular flexibility index (Phi) is 6.12. The molecule has 0 amide bonds. The molecule has 1 aromatic rings. The molecule has 18 heavy (non-hydrogen) atoms. The Balaban J connectivity index is 2.60. The van der Waals surface area contributed by atoms with E-state index in [4.69, 9.17) is 14.9 Å². The summed E-state index contributed by atoms with van der Waals surface area (Å²) in [6.07, 6.45) is 0.868. The summed E-state index contributed by atoms with van der Waals surface area (Å²) in [6, 6.07) is 3.94. The molecule has 3 N–H and O–H groups in total. The average Bonchev–Trinajstić information content (AvgIpc) is 2.38. The maximum absolute atomic E-state index is 8.95. The molecule has 0 aliphatic carbocycles.